The minimum atomic E-state index is -0.480. The Bertz CT molecular complexity index is 1290. The first kappa shape index (κ1) is 22.3. The Morgan fingerprint density at radius 2 is 1.79 bits per heavy atom. The predicted molar refractivity (Wildman–Crippen MR) is 127 cm³/mol. The molecule has 1 aromatic carbocycles. The van der Waals surface area contributed by atoms with Crippen LogP contribution >= 0.6 is 11.6 Å². The summed E-state index contributed by atoms with van der Waals surface area (Å²) in [6, 6.07) is 14.0. The number of piperidine rings is 1. The second kappa shape index (κ2) is 9.02. The van der Waals surface area contributed by atoms with Crippen molar-refractivity contribution in [1.82, 2.24) is 14.9 Å². The van der Waals surface area contributed by atoms with E-state index in [9.17, 15) is 14.4 Å². The Kier molecular flexibility index (Phi) is 5.91. The van der Waals surface area contributed by atoms with Gasteiger partial charge in [0.05, 0.1) is 12.5 Å². The van der Waals surface area contributed by atoms with Crippen molar-refractivity contribution in [3.63, 3.8) is 0 Å². The number of hydrogen-bond acceptors (Lipinski definition) is 6. The van der Waals surface area contributed by atoms with Crippen LogP contribution in [0.25, 0.3) is 11.0 Å². The number of benzene rings is 1. The molecule has 5 rings (SSSR count). The van der Waals surface area contributed by atoms with Crippen molar-refractivity contribution in [1.29, 1.82) is 0 Å². The number of carbonyl (C=O) groups excluding carboxylic acids is 3. The zero-order valence-corrected chi connectivity index (χ0v) is 19.4. The summed E-state index contributed by atoms with van der Waals surface area (Å²) in [7, 11) is 0. The number of pyridine rings is 2. The van der Waals surface area contributed by atoms with Crippen LogP contribution in [0.2, 0.25) is 5.15 Å². The Morgan fingerprint density at radius 3 is 2.56 bits per heavy atom. The molecular weight excluding hydrogens is 456 g/mol. The molecule has 2 aromatic heterocycles. The van der Waals surface area contributed by atoms with Crippen molar-refractivity contribution in [3.05, 3.63) is 64.8 Å². The molecule has 8 nitrogen and oxygen atoms in total. The van der Waals surface area contributed by atoms with Crippen LogP contribution in [0.4, 0.5) is 5.82 Å². The van der Waals surface area contributed by atoms with Gasteiger partial charge in [0.15, 0.2) is 5.65 Å². The molecule has 2 amide bonds. The minimum absolute atomic E-state index is 0.0530. The van der Waals surface area contributed by atoms with Crippen molar-refractivity contribution in [2.24, 2.45) is 0 Å². The fourth-order valence-electron chi connectivity index (χ4n) is 4.71. The fraction of sp³-hybridized carbons (Fsp3) is 0.320. The fourth-order valence-corrected chi connectivity index (χ4v) is 4.85. The average Bonchev–Trinajstić information content (AvgIpc) is 3.10. The monoisotopic (exact) mass is 478 g/mol. The molecule has 34 heavy (non-hydrogen) atoms. The Labute approximate surface area is 201 Å². The molecule has 1 fully saturated rings. The molecular formula is C25H23ClN4O4. The van der Waals surface area contributed by atoms with Gasteiger partial charge in [-0.3, -0.25) is 19.3 Å². The van der Waals surface area contributed by atoms with E-state index in [1.54, 1.807) is 28.0 Å². The van der Waals surface area contributed by atoms with Gasteiger partial charge in [0, 0.05) is 43.8 Å². The Hall–Kier alpha value is -3.52. The Balaban J connectivity index is 1.42. The molecule has 2 aliphatic rings. The topological polar surface area (TPSA) is 92.7 Å². The quantitative estimate of drug-likeness (QED) is 0.416. The van der Waals surface area contributed by atoms with Crippen molar-refractivity contribution < 1.29 is 19.1 Å². The largest absolute Gasteiger partial charge is 0.462 e. The number of halogens is 1. The van der Waals surface area contributed by atoms with Crippen LogP contribution in [-0.4, -0.2) is 51.8 Å². The van der Waals surface area contributed by atoms with Crippen LogP contribution in [0.15, 0.2) is 48.5 Å². The number of likely N-dealkylation sites (tertiary alicyclic amines) is 1. The third-order valence-electron chi connectivity index (χ3n) is 6.33. The number of hydrogen-bond donors (Lipinski definition) is 0. The number of fused-ring (bicyclic) bond motifs is 2. The SMILES string of the molecule is CC(=O)OC1CCN(C(=O)CC2c3ccccc3C(=O)N2c2ccc3ccc(Cl)nc3n2)CC1. The molecule has 4 heterocycles. The lowest BCUT2D eigenvalue weighted by Crippen LogP contribution is -2.42. The van der Waals surface area contributed by atoms with Gasteiger partial charge in [0.1, 0.15) is 17.1 Å². The zero-order chi connectivity index (χ0) is 23.8. The van der Waals surface area contributed by atoms with E-state index in [-0.39, 0.29) is 30.3 Å². The van der Waals surface area contributed by atoms with Gasteiger partial charge in [-0.25, -0.2) is 9.97 Å². The number of ether oxygens (including phenoxy) is 1. The van der Waals surface area contributed by atoms with Gasteiger partial charge in [-0.2, -0.15) is 0 Å². The van der Waals surface area contributed by atoms with Gasteiger partial charge >= 0.3 is 5.97 Å². The van der Waals surface area contributed by atoms with Crippen molar-refractivity contribution in [2.75, 3.05) is 18.0 Å². The van der Waals surface area contributed by atoms with Gasteiger partial charge in [0.2, 0.25) is 5.91 Å². The molecule has 1 atom stereocenters. The van der Waals surface area contributed by atoms with E-state index < -0.39 is 6.04 Å². The average molecular weight is 479 g/mol. The summed E-state index contributed by atoms with van der Waals surface area (Å²) < 4.78 is 5.28. The van der Waals surface area contributed by atoms with Crippen molar-refractivity contribution in [3.8, 4) is 0 Å². The third-order valence-corrected chi connectivity index (χ3v) is 6.54. The Morgan fingerprint density at radius 1 is 1.06 bits per heavy atom. The van der Waals surface area contributed by atoms with Crippen molar-refractivity contribution in [2.45, 2.75) is 38.3 Å². The first-order valence-corrected chi connectivity index (χ1v) is 11.6. The van der Waals surface area contributed by atoms with Crippen LogP contribution in [0, 0.1) is 0 Å². The van der Waals surface area contributed by atoms with E-state index >= 15 is 0 Å². The molecule has 0 bridgehead atoms. The van der Waals surface area contributed by atoms with Crippen LogP contribution in [-0.2, 0) is 14.3 Å². The zero-order valence-electron chi connectivity index (χ0n) is 18.6. The van der Waals surface area contributed by atoms with Crippen LogP contribution in [0.3, 0.4) is 0 Å². The molecule has 0 radical (unpaired) electrons. The van der Waals surface area contributed by atoms with Gasteiger partial charge < -0.3 is 9.64 Å². The molecule has 1 unspecified atom stereocenters. The lowest BCUT2D eigenvalue weighted by Gasteiger charge is -2.33. The molecule has 0 spiro atoms. The van der Waals surface area contributed by atoms with E-state index in [2.05, 4.69) is 9.97 Å². The summed E-state index contributed by atoms with van der Waals surface area (Å²) >= 11 is 6.04. The molecule has 9 heteroatoms. The van der Waals surface area contributed by atoms with Gasteiger partial charge in [-0.05, 0) is 35.9 Å². The first-order chi connectivity index (χ1) is 16.4. The third kappa shape index (κ3) is 4.21. The van der Waals surface area contributed by atoms with Crippen LogP contribution in [0.1, 0.15) is 48.1 Å². The van der Waals surface area contributed by atoms with Crippen LogP contribution in [0.5, 0.6) is 0 Å². The molecule has 3 aromatic rings. The number of nitrogens with zero attached hydrogens (tertiary/aromatic N) is 4. The summed E-state index contributed by atoms with van der Waals surface area (Å²) in [5, 5.41) is 1.12. The maximum atomic E-state index is 13.4. The van der Waals surface area contributed by atoms with Gasteiger partial charge in [0.25, 0.3) is 5.91 Å². The van der Waals surface area contributed by atoms with E-state index in [1.807, 2.05) is 30.3 Å². The molecule has 0 N–H and O–H groups in total. The number of esters is 1. The lowest BCUT2D eigenvalue weighted by molar-refractivity contribution is -0.149. The molecule has 2 aliphatic heterocycles. The highest BCUT2D eigenvalue weighted by molar-refractivity contribution is 6.29. The maximum absolute atomic E-state index is 13.4. The molecule has 174 valence electrons. The number of rotatable bonds is 4. The van der Waals surface area contributed by atoms with Crippen molar-refractivity contribution >= 4 is 46.2 Å². The second-order valence-electron chi connectivity index (χ2n) is 8.52. The highest BCUT2D eigenvalue weighted by atomic mass is 35.5. The van der Waals surface area contributed by atoms with E-state index in [4.69, 9.17) is 16.3 Å². The molecule has 0 saturated carbocycles. The summed E-state index contributed by atoms with van der Waals surface area (Å²) in [4.78, 5) is 50.1. The summed E-state index contributed by atoms with van der Waals surface area (Å²) in [6.45, 7) is 2.41. The summed E-state index contributed by atoms with van der Waals surface area (Å²) in [5.41, 5.74) is 1.80. The van der Waals surface area contributed by atoms with E-state index in [0.29, 0.717) is 48.1 Å². The molecule has 0 aliphatic carbocycles. The summed E-state index contributed by atoms with van der Waals surface area (Å²) in [6.07, 6.45) is 1.18. The summed E-state index contributed by atoms with van der Waals surface area (Å²) in [5.74, 6) is -0.131. The number of amides is 2. The number of anilines is 1. The first-order valence-electron chi connectivity index (χ1n) is 11.2. The number of carbonyl (C=O) groups is 3. The smallest absolute Gasteiger partial charge is 0.302 e. The highest BCUT2D eigenvalue weighted by Gasteiger charge is 2.40. The number of aromatic nitrogens is 2. The van der Waals surface area contributed by atoms with E-state index in [0.717, 1.165) is 10.9 Å². The van der Waals surface area contributed by atoms with E-state index in [1.165, 1.54) is 6.92 Å². The highest BCUT2D eigenvalue weighted by Crippen LogP contribution is 2.39. The normalized spacial score (nSPS) is 18.3. The molecule has 1 saturated heterocycles. The lowest BCUT2D eigenvalue weighted by atomic mass is 10.0. The van der Waals surface area contributed by atoms with Crippen LogP contribution < -0.4 is 4.90 Å². The predicted octanol–water partition coefficient (Wildman–Crippen LogP) is 3.93. The standard InChI is InChI=1S/C25H23ClN4O4/c1-15(31)34-17-10-12-29(13-11-17)23(32)14-20-18-4-2-3-5-19(18)25(33)30(20)22-9-7-16-6-8-21(26)27-24(16)28-22/h2-9,17,20H,10-14H2,1H3. The minimum Gasteiger partial charge on any atom is -0.462 e. The van der Waals surface area contributed by atoms with Gasteiger partial charge in [-0.15, -0.1) is 0 Å². The maximum Gasteiger partial charge on any atom is 0.302 e. The van der Waals surface area contributed by atoms with Gasteiger partial charge in [-0.1, -0.05) is 29.8 Å². The second-order valence-corrected chi connectivity index (χ2v) is 8.91.